The maximum absolute atomic E-state index is 12.6. The fraction of sp³-hybridized carbons (Fsp3) is 0.250. The van der Waals surface area contributed by atoms with Crippen LogP contribution in [0.15, 0.2) is 64.0 Å². The molecular weight excluding hydrogens is 350 g/mol. The van der Waals surface area contributed by atoms with E-state index in [1.165, 1.54) is 0 Å². The van der Waals surface area contributed by atoms with Crippen molar-refractivity contribution >= 4 is 26.0 Å². The highest BCUT2D eigenvalue weighted by Crippen LogP contribution is 2.41. The lowest BCUT2D eigenvalue weighted by molar-refractivity contribution is 0.529. The van der Waals surface area contributed by atoms with E-state index in [0.29, 0.717) is 10.8 Å². The highest BCUT2D eigenvalue weighted by molar-refractivity contribution is 9.10. The van der Waals surface area contributed by atoms with Crippen molar-refractivity contribution in [1.82, 2.24) is 4.72 Å². The molecule has 1 saturated carbocycles. The fourth-order valence-electron chi connectivity index (χ4n) is 2.40. The minimum atomic E-state index is -3.52. The zero-order valence-corrected chi connectivity index (χ0v) is 13.8. The van der Waals surface area contributed by atoms with Crippen molar-refractivity contribution in [2.45, 2.75) is 23.8 Å². The van der Waals surface area contributed by atoms with Gasteiger partial charge in [-0.2, -0.15) is 0 Å². The fourth-order valence-corrected chi connectivity index (χ4v) is 4.29. The van der Waals surface area contributed by atoms with E-state index >= 15 is 0 Å². The van der Waals surface area contributed by atoms with Crippen LogP contribution in [0.3, 0.4) is 0 Å². The normalized spacial score (nSPS) is 16.6. The number of hydrogen-bond acceptors (Lipinski definition) is 2. The molecule has 5 heteroatoms. The first-order valence-corrected chi connectivity index (χ1v) is 9.17. The Morgan fingerprint density at radius 3 is 2.38 bits per heavy atom. The van der Waals surface area contributed by atoms with Crippen LogP contribution >= 0.6 is 15.9 Å². The summed E-state index contributed by atoms with van der Waals surface area (Å²) in [5.74, 6) is 0.398. The number of benzene rings is 2. The molecule has 0 amide bonds. The topological polar surface area (TPSA) is 46.2 Å². The van der Waals surface area contributed by atoms with E-state index in [-0.39, 0.29) is 6.04 Å². The number of hydrogen-bond donors (Lipinski definition) is 1. The SMILES string of the molecule is O=S(=O)(N[C@H](c1ccccc1)C1CC1)c1cccc(Br)c1. The average molecular weight is 366 g/mol. The summed E-state index contributed by atoms with van der Waals surface area (Å²) in [5.41, 5.74) is 1.03. The highest BCUT2D eigenvalue weighted by atomic mass is 79.9. The lowest BCUT2D eigenvalue weighted by Gasteiger charge is -2.19. The molecule has 0 radical (unpaired) electrons. The molecule has 110 valence electrons. The lowest BCUT2D eigenvalue weighted by Crippen LogP contribution is -2.30. The van der Waals surface area contributed by atoms with E-state index in [1.807, 2.05) is 36.4 Å². The Hall–Kier alpha value is -1.17. The van der Waals surface area contributed by atoms with Gasteiger partial charge in [-0.25, -0.2) is 13.1 Å². The van der Waals surface area contributed by atoms with Crippen LogP contribution in [0.4, 0.5) is 0 Å². The molecule has 1 atom stereocenters. The first-order chi connectivity index (χ1) is 10.1. The van der Waals surface area contributed by atoms with Gasteiger partial charge in [-0.05, 0) is 42.5 Å². The number of nitrogens with one attached hydrogen (secondary N) is 1. The second-order valence-electron chi connectivity index (χ2n) is 5.30. The second kappa shape index (κ2) is 5.91. The Balaban J connectivity index is 1.89. The molecule has 2 aromatic carbocycles. The average Bonchev–Trinajstić information content (AvgIpc) is 3.30. The van der Waals surface area contributed by atoms with Crippen molar-refractivity contribution in [2.24, 2.45) is 5.92 Å². The van der Waals surface area contributed by atoms with E-state index in [1.54, 1.807) is 18.2 Å². The first-order valence-electron chi connectivity index (χ1n) is 6.89. The lowest BCUT2D eigenvalue weighted by atomic mass is 10.0. The van der Waals surface area contributed by atoms with Gasteiger partial charge >= 0.3 is 0 Å². The Kier molecular flexibility index (Phi) is 4.15. The Morgan fingerprint density at radius 2 is 1.76 bits per heavy atom. The minimum Gasteiger partial charge on any atom is -0.207 e. The zero-order valence-electron chi connectivity index (χ0n) is 11.4. The molecule has 3 rings (SSSR count). The van der Waals surface area contributed by atoms with E-state index in [9.17, 15) is 8.42 Å². The van der Waals surface area contributed by atoms with Gasteiger partial charge in [0.25, 0.3) is 0 Å². The summed E-state index contributed by atoms with van der Waals surface area (Å²) in [6.07, 6.45) is 2.14. The number of rotatable bonds is 5. The van der Waals surface area contributed by atoms with Gasteiger partial charge in [-0.1, -0.05) is 52.3 Å². The van der Waals surface area contributed by atoms with Crippen LogP contribution in [-0.2, 0) is 10.0 Å². The summed E-state index contributed by atoms with van der Waals surface area (Å²) in [4.78, 5) is 0.290. The molecule has 21 heavy (non-hydrogen) atoms. The summed E-state index contributed by atoms with van der Waals surface area (Å²) in [6, 6.07) is 16.4. The van der Waals surface area contributed by atoms with Gasteiger partial charge in [0.15, 0.2) is 0 Å². The third-order valence-corrected chi connectivity index (χ3v) is 5.57. The molecule has 0 aromatic heterocycles. The molecule has 0 unspecified atom stereocenters. The smallest absolute Gasteiger partial charge is 0.207 e. The summed E-state index contributed by atoms with van der Waals surface area (Å²) < 4.78 is 28.8. The molecule has 0 aliphatic heterocycles. The minimum absolute atomic E-state index is 0.143. The van der Waals surface area contributed by atoms with Crippen molar-refractivity contribution in [3.05, 3.63) is 64.6 Å². The third kappa shape index (κ3) is 3.54. The summed E-state index contributed by atoms with van der Waals surface area (Å²) in [7, 11) is -3.52. The first kappa shape index (κ1) is 14.8. The summed E-state index contributed by atoms with van der Waals surface area (Å²) in [5, 5.41) is 0. The molecule has 0 saturated heterocycles. The van der Waals surface area contributed by atoms with Crippen LogP contribution in [0.1, 0.15) is 24.4 Å². The van der Waals surface area contributed by atoms with Crippen molar-refractivity contribution < 1.29 is 8.42 Å². The van der Waals surface area contributed by atoms with Crippen LogP contribution in [-0.4, -0.2) is 8.42 Å². The van der Waals surface area contributed by atoms with Crippen LogP contribution in [0, 0.1) is 5.92 Å². The zero-order chi connectivity index (χ0) is 14.9. The van der Waals surface area contributed by atoms with Crippen LogP contribution in [0.2, 0.25) is 0 Å². The standard InChI is InChI=1S/C16H16BrNO2S/c17-14-7-4-8-15(11-14)21(19,20)18-16(13-9-10-13)12-5-2-1-3-6-12/h1-8,11,13,16,18H,9-10H2/t16-/m1/s1. The van der Waals surface area contributed by atoms with Crippen molar-refractivity contribution in [2.75, 3.05) is 0 Å². The molecule has 0 bridgehead atoms. The molecule has 0 spiro atoms. The number of halogens is 1. The van der Waals surface area contributed by atoms with E-state index < -0.39 is 10.0 Å². The molecular formula is C16H16BrNO2S. The summed E-state index contributed by atoms with van der Waals surface area (Å²) in [6.45, 7) is 0. The molecule has 1 aliphatic rings. The second-order valence-corrected chi connectivity index (χ2v) is 7.93. The van der Waals surface area contributed by atoms with Crippen molar-refractivity contribution in [1.29, 1.82) is 0 Å². The molecule has 1 N–H and O–H groups in total. The molecule has 3 nitrogen and oxygen atoms in total. The van der Waals surface area contributed by atoms with E-state index in [0.717, 1.165) is 22.9 Å². The van der Waals surface area contributed by atoms with Gasteiger partial charge < -0.3 is 0 Å². The summed E-state index contributed by atoms with van der Waals surface area (Å²) >= 11 is 3.31. The van der Waals surface area contributed by atoms with Gasteiger partial charge in [0.05, 0.1) is 4.90 Å². The van der Waals surface area contributed by atoms with Crippen molar-refractivity contribution in [3.8, 4) is 0 Å². The predicted molar refractivity (Wildman–Crippen MR) is 86.4 cm³/mol. The molecule has 1 fully saturated rings. The monoisotopic (exact) mass is 365 g/mol. The number of sulfonamides is 1. The Bertz CT molecular complexity index is 727. The Labute approximate surface area is 133 Å². The molecule has 1 aliphatic carbocycles. The third-order valence-electron chi connectivity index (χ3n) is 3.64. The maximum atomic E-state index is 12.6. The maximum Gasteiger partial charge on any atom is 0.241 e. The van der Waals surface area contributed by atoms with E-state index in [2.05, 4.69) is 20.7 Å². The van der Waals surface area contributed by atoms with Crippen LogP contribution in [0.25, 0.3) is 0 Å². The van der Waals surface area contributed by atoms with Crippen LogP contribution in [0.5, 0.6) is 0 Å². The van der Waals surface area contributed by atoms with Gasteiger partial charge in [0.1, 0.15) is 0 Å². The van der Waals surface area contributed by atoms with Gasteiger partial charge in [0, 0.05) is 10.5 Å². The van der Waals surface area contributed by atoms with E-state index in [4.69, 9.17) is 0 Å². The van der Waals surface area contributed by atoms with Gasteiger partial charge in [0.2, 0.25) is 10.0 Å². The predicted octanol–water partition coefficient (Wildman–Crippen LogP) is 3.88. The molecule has 2 aromatic rings. The van der Waals surface area contributed by atoms with Gasteiger partial charge in [-0.3, -0.25) is 0 Å². The highest BCUT2D eigenvalue weighted by Gasteiger charge is 2.35. The Morgan fingerprint density at radius 1 is 1.05 bits per heavy atom. The molecule has 0 heterocycles. The quantitative estimate of drug-likeness (QED) is 0.873. The van der Waals surface area contributed by atoms with Crippen molar-refractivity contribution in [3.63, 3.8) is 0 Å². The van der Waals surface area contributed by atoms with Crippen LogP contribution < -0.4 is 4.72 Å². The van der Waals surface area contributed by atoms with Gasteiger partial charge in [-0.15, -0.1) is 0 Å². The largest absolute Gasteiger partial charge is 0.241 e.